The Balaban J connectivity index is 2.26. The van der Waals surface area contributed by atoms with Gasteiger partial charge >= 0.3 is 0 Å². The number of nitrogens with zero attached hydrogens (tertiary/aromatic N) is 1. The Morgan fingerprint density at radius 3 is 2.85 bits per heavy atom. The lowest BCUT2D eigenvalue weighted by Crippen LogP contribution is -2.34. The number of aromatic nitrogens is 1. The summed E-state index contributed by atoms with van der Waals surface area (Å²) in [5.41, 5.74) is 2.22. The molecule has 1 aliphatic heterocycles. The molecule has 0 bridgehead atoms. The second-order valence-corrected chi connectivity index (χ2v) is 5.77. The molecule has 0 fully saturated rings. The van der Waals surface area contributed by atoms with E-state index in [1.807, 2.05) is 26.0 Å². The molecule has 1 aliphatic rings. The molecular formula is C16H18N2O2. The summed E-state index contributed by atoms with van der Waals surface area (Å²) in [5.74, 6) is -0.292. The third-order valence-electron chi connectivity index (χ3n) is 3.79. The van der Waals surface area contributed by atoms with Crippen LogP contribution in [0.1, 0.15) is 42.7 Å². The highest BCUT2D eigenvalue weighted by molar-refractivity contribution is 5.98. The molecular weight excluding hydrogens is 252 g/mol. The fourth-order valence-electron chi connectivity index (χ4n) is 2.92. The first-order chi connectivity index (χ1) is 9.49. The van der Waals surface area contributed by atoms with Crippen LogP contribution in [0.4, 0.5) is 0 Å². The van der Waals surface area contributed by atoms with Gasteiger partial charge in [0.25, 0.3) is 5.91 Å². The number of hydrogen-bond acceptors (Lipinski definition) is 2. The molecule has 1 aromatic heterocycles. The minimum absolute atomic E-state index is 0.0138. The van der Waals surface area contributed by atoms with Gasteiger partial charge in [-0.3, -0.25) is 9.59 Å². The van der Waals surface area contributed by atoms with Gasteiger partial charge in [-0.25, -0.2) is 0 Å². The summed E-state index contributed by atoms with van der Waals surface area (Å²) in [7, 11) is 0. The van der Waals surface area contributed by atoms with E-state index in [0.29, 0.717) is 5.39 Å². The first-order valence-electron chi connectivity index (χ1n) is 6.96. The second kappa shape index (κ2) is 4.47. The van der Waals surface area contributed by atoms with Gasteiger partial charge in [-0.1, -0.05) is 12.1 Å². The molecule has 1 aromatic carbocycles. The second-order valence-electron chi connectivity index (χ2n) is 5.77. The van der Waals surface area contributed by atoms with Crippen LogP contribution in [0.3, 0.4) is 0 Å². The summed E-state index contributed by atoms with van der Waals surface area (Å²) in [5, 5.41) is 3.44. The summed E-state index contributed by atoms with van der Waals surface area (Å²) < 4.78 is 2.06. The Hall–Kier alpha value is -2.10. The fraction of sp³-hybridized carbons (Fsp3) is 0.375. The molecule has 0 saturated heterocycles. The maximum Gasteiger partial charge on any atom is 0.256 e. The fourth-order valence-corrected chi connectivity index (χ4v) is 2.92. The highest BCUT2D eigenvalue weighted by Gasteiger charge is 2.24. The summed E-state index contributed by atoms with van der Waals surface area (Å²) >= 11 is 0. The molecule has 0 radical (unpaired) electrons. The van der Waals surface area contributed by atoms with Crippen molar-refractivity contribution in [2.75, 3.05) is 0 Å². The van der Waals surface area contributed by atoms with E-state index in [2.05, 4.69) is 22.9 Å². The Kier molecular flexibility index (Phi) is 2.89. The molecule has 104 valence electrons. The third-order valence-corrected chi connectivity index (χ3v) is 3.79. The van der Waals surface area contributed by atoms with E-state index in [1.54, 1.807) is 6.20 Å². The third kappa shape index (κ3) is 1.83. The van der Waals surface area contributed by atoms with Crippen LogP contribution in [0.25, 0.3) is 10.9 Å². The number of benzene rings is 1. The quantitative estimate of drug-likeness (QED) is 0.910. The standard InChI is InChI=1S/C16H18N2O2/c1-9(2)17-16(20)13-8-18-10(3)7-11-5-4-6-12(14(11)18)15(13)19/h4-6,8-10H,7H2,1-3H3,(H,17,20)/t10-/m0/s1. The van der Waals surface area contributed by atoms with Crippen LogP contribution >= 0.6 is 0 Å². The van der Waals surface area contributed by atoms with E-state index in [9.17, 15) is 9.59 Å². The molecule has 0 saturated carbocycles. The van der Waals surface area contributed by atoms with Crippen molar-refractivity contribution in [1.29, 1.82) is 0 Å². The van der Waals surface area contributed by atoms with Crippen LogP contribution in [-0.4, -0.2) is 16.5 Å². The van der Waals surface area contributed by atoms with E-state index in [0.717, 1.165) is 11.9 Å². The molecule has 2 aromatic rings. The Morgan fingerprint density at radius 1 is 1.40 bits per heavy atom. The molecule has 2 heterocycles. The maximum absolute atomic E-state index is 12.5. The van der Waals surface area contributed by atoms with Crippen LogP contribution in [0, 0.1) is 0 Å². The van der Waals surface area contributed by atoms with Crippen molar-refractivity contribution in [2.24, 2.45) is 0 Å². The number of carbonyl (C=O) groups excluding carboxylic acids is 1. The van der Waals surface area contributed by atoms with Crippen molar-refractivity contribution in [1.82, 2.24) is 9.88 Å². The Bertz CT molecular complexity index is 759. The van der Waals surface area contributed by atoms with E-state index in [1.165, 1.54) is 5.56 Å². The van der Waals surface area contributed by atoms with Crippen molar-refractivity contribution in [2.45, 2.75) is 39.3 Å². The van der Waals surface area contributed by atoms with Gasteiger partial charge in [0.05, 0.1) is 5.52 Å². The van der Waals surface area contributed by atoms with E-state index >= 15 is 0 Å². The lowest BCUT2D eigenvalue weighted by Gasteiger charge is -2.13. The summed E-state index contributed by atoms with van der Waals surface area (Å²) in [4.78, 5) is 24.7. The topological polar surface area (TPSA) is 51.1 Å². The molecule has 20 heavy (non-hydrogen) atoms. The van der Waals surface area contributed by atoms with E-state index in [4.69, 9.17) is 0 Å². The van der Waals surface area contributed by atoms with Crippen molar-refractivity contribution in [3.8, 4) is 0 Å². The zero-order valence-corrected chi connectivity index (χ0v) is 11.9. The van der Waals surface area contributed by atoms with Gasteiger partial charge in [0.15, 0.2) is 0 Å². The molecule has 1 N–H and O–H groups in total. The van der Waals surface area contributed by atoms with Gasteiger partial charge in [0.1, 0.15) is 5.56 Å². The molecule has 0 aliphatic carbocycles. The lowest BCUT2D eigenvalue weighted by molar-refractivity contribution is 0.0941. The first-order valence-corrected chi connectivity index (χ1v) is 6.96. The van der Waals surface area contributed by atoms with Gasteiger partial charge < -0.3 is 9.88 Å². The van der Waals surface area contributed by atoms with Crippen molar-refractivity contribution < 1.29 is 4.79 Å². The van der Waals surface area contributed by atoms with Gasteiger partial charge in [0.2, 0.25) is 5.43 Å². The summed E-state index contributed by atoms with van der Waals surface area (Å²) in [6.07, 6.45) is 2.62. The molecule has 4 heteroatoms. The van der Waals surface area contributed by atoms with Crippen molar-refractivity contribution in [3.05, 3.63) is 45.7 Å². The summed E-state index contributed by atoms with van der Waals surface area (Å²) in [6.45, 7) is 5.88. The molecule has 0 spiro atoms. The van der Waals surface area contributed by atoms with E-state index < -0.39 is 0 Å². The first kappa shape index (κ1) is 12.9. The summed E-state index contributed by atoms with van der Waals surface area (Å²) in [6, 6.07) is 6.05. The zero-order chi connectivity index (χ0) is 14.4. The van der Waals surface area contributed by atoms with Crippen molar-refractivity contribution in [3.63, 3.8) is 0 Å². The highest BCUT2D eigenvalue weighted by atomic mass is 16.2. The van der Waals surface area contributed by atoms with Crippen LogP contribution in [0.2, 0.25) is 0 Å². The maximum atomic E-state index is 12.5. The van der Waals surface area contributed by atoms with Crippen LogP contribution in [-0.2, 0) is 6.42 Å². The number of nitrogens with one attached hydrogen (secondary N) is 1. The Morgan fingerprint density at radius 2 is 2.15 bits per heavy atom. The average molecular weight is 270 g/mol. The number of rotatable bonds is 2. The molecule has 3 rings (SSSR count). The van der Waals surface area contributed by atoms with Crippen LogP contribution in [0.5, 0.6) is 0 Å². The zero-order valence-electron chi connectivity index (χ0n) is 11.9. The van der Waals surface area contributed by atoms with Crippen molar-refractivity contribution >= 4 is 16.8 Å². The lowest BCUT2D eigenvalue weighted by atomic mass is 10.1. The van der Waals surface area contributed by atoms with Crippen LogP contribution < -0.4 is 10.7 Å². The largest absolute Gasteiger partial charge is 0.350 e. The number of hydrogen-bond donors (Lipinski definition) is 1. The highest BCUT2D eigenvalue weighted by Crippen LogP contribution is 2.30. The molecule has 4 nitrogen and oxygen atoms in total. The molecule has 0 unspecified atom stereocenters. The van der Waals surface area contributed by atoms with E-state index in [-0.39, 0.29) is 29.0 Å². The van der Waals surface area contributed by atoms with Gasteiger partial charge in [-0.05, 0) is 38.8 Å². The van der Waals surface area contributed by atoms with Gasteiger partial charge in [-0.2, -0.15) is 0 Å². The smallest absolute Gasteiger partial charge is 0.256 e. The predicted molar refractivity (Wildman–Crippen MR) is 79.2 cm³/mol. The molecule has 1 amide bonds. The number of pyridine rings is 1. The minimum atomic E-state index is -0.292. The Labute approximate surface area is 117 Å². The van der Waals surface area contributed by atoms with Gasteiger partial charge in [-0.15, -0.1) is 0 Å². The number of carbonyl (C=O) groups is 1. The number of para-hydroxylation sites is 1. The predicted octanol–water partition coefficient (Wildman–Crippen LogP) is 2.26. The van der Waals surface area contributed by atoms with Gasteiger partial charge in [0, 0.05) is 23.7 Å². The molecule has 1 atom stereocenters. The minimum Gasteiger partial charge on any atom is -0.350 e. The monoisotopic (exact) mass is 270 g/mol. The normalized spacial score (nSPS) is 16.9. The number of amides is 1. The van der Waals surface area contributed by atoms with Crippen LogP contribution in [0.15, 0.2) is 29.2 Å². The SMILES string of the molecule is CC(C)NC(=O)c1cn2c3c(cccc3c1=O)C[C@@H]2C. The average Bonchev–Trinajstić information content (AvgIpc) is 2.70.